The molecule has 0 saturated carbocycles. The second-order valence-corrected chi connectivity index (χ2v) is 6.36. The van der Waals surface area contributed by atoms with E-state index in [1.54, 1.807) is 0 Å². The summed E-state index contributed by atoms with van der Waals surface area (Å²) in [6.45, 7) is 0. The van der Waals surface area contributed by atoms with E-state index >= 15 is 0 Å². The quantitative estimate of drug-likeness (QED) is 0.927. The average molecular weight is 321 g/mol. The first kappa shape index (κ1) is 14.6. The van der Waals surface area contributed by atoms with Gasteiger partial charge in [-0.25, -0.2) is 0 Å². The minimum absolute atomic E-state index is 0.0853. The van der Waals surface area contributed by atoms with Crippen LogP contribution in [-0.4, -0.2) is 32.5 Å². The van der Waals surface area contributed by atoms with Gasteiger partial charge in [-0.15, -0.1) is 0 Å². The van der Waals surface area contributed by atoms with Gasteiger partial charge in [-0.2, -0.15) is 22.5 Å². The molecule has 2 unspecified atom stereocenters. The summed E-state index contributed by atoms with van der Waals surface area (Å²) in [7, 11) is 0. The molecule has 2 aliphatic rings. The van der Waals surface area contributed by atoms with E-state index in [0.29, 0.717) is 18.0 Å². The van der Waals surface area contributed by atoms with Gasteiger partial charge in [0.15, 0.2) is 0 Å². The normalized spacial score (nSPS) is 28.9. The van der Waals surface area contributed by atoms with Gasteiger partial charge in [0.1, 0.15) is 0 Å². The van der Waals surface area contributed by atoms with Gasteiger partial charge in [0.2, 0.25) is 11.0 Å². The SMILES string of the molecule is O=C(O)CC1CC2CCC(C1)N2c1nc(C(F)(F)F)ns1. The Bertz CT molecular complexity index is 534. The Kier molecular flexibility index (Phi) is 3.54. The molecule has 3 rings (SSSR count). The van der Waals surface area contributed by atoms with E-state index in [-0.39, 0.29) is 24.4 Å². The molecule has 1 aromatic rings. The summed E-state index contributed by atoms with van der Waals surface area (Å²) in [5.41, 5.74) is 0. The van der Waals surface area contributed by atoms with Crippen LogP contribution in [0.25, 0.3) is 0 Å². The number of fused-ring (bicyclic) bond motifs is 2. The zero-order chi connectivity index (χ0) is 15.2. The van der Waals surface area contributed by atoms with Crippen molar-refractivity contribution in [1.82, 2.24) is 9.36 Å². The van der Waals surface area contributed by atoms with Crippen LogP contribution in [-0.2, 0) is 11.0 Å². The Balaban J connectivity index is 1.76. The number of carbonyl (C=O) groups is 1. The minimum atomic E-state index is -4.52. The molecule has 3 heterocycles. The third kappa shape index (κ3) is 2.83. The number of carboxylic acids is 1. The van der Waals surface area contributed by atoms with Crippen molar-refractivity contribution in [3.63, 3.8) is 0 Å². The number of hydrogen-bond acceptors (Lipinski definition) is 5. The molecule has 2 saturated heterocycles. The summed E-state index contributed by atoms with van der Waals surface area (Å²) in [5, 5.41) is 9.18. The van der Waals surface area contributed by atoms with E-state index in [1.807, 2.05) is 4.90 Å². The lowest BCUT2D eigenvalue weighted by molar-refractivity contribution is -0.144. The molecule has 0 aliphatic carbocycles. The maximum Gasteiger partial charge on any atom is 0.452 e. The van der Waals surface area contributed by atoms with Crippen LogP contribution in [0.4, 0.5) is 18.3 Å². The van der Waals surface area contributed by atoms with E-state index in [1.165, 1.54) is 0 Å². The standard InChI is InChI=1S/C12H14F3N3O2S/c13-12(14,15)10-16-11(21-17-10)18-7-1-2-8(18)4-6(3-7)5-9(19)20/h6-8H,1-5H2,(H,19,20). The van der Waals surface area contributed by atoms with Crippen molar-refractivity contribution in [1.29, 1.82) is 0 Å². The Hall–Kier alpha value is -1.38. The molecule has 116 valence electrons. The highest BCUT2D eigenvalue weighted by Gasteiger charge is 2.44. The van der Waals surface area contributed by atoms with Gasteiger partial charge in [0, 0.05) is 30.0 Å². The number of halogens is 3. The van der Waals surface area contributed by atoms with Crippen molar-refractivity contribution >= 4 is 22.6 Å². The van der Waals surface area contributed by atoms with Gasteiger partial charge < -0.3 is 10.0 Å². The second kappa shape index (κ2) is 5.11. The summed E-state index contributed by atoms with van der Waals surface area (Å²) in [6.07, 6.45) is -1.24. The topological polar surface area (TPSA) is 66.3 Å². The second-order valence-electron chi connectivity index (χ2n) is 5.63. The molecule has 2 aliphatic heterocycles. The lowest BCUT2D eigenvalue weighted by Crippen LogP contribution is -2.43. The predicted molar refractivity (Wildman–Crippen MR) is 69.2 cm³/mol. The maximum absolute atomic E-state index is 12.6. The minimum Gasteiger partial charge on any atom is -0.481 e. The van der Waals surface area contributed by atoms with Crippen molar-refractivity contribution in [3.8, 4) is 0 Å². The van der Waals surface area contributed by atoms with E-state index in [4.69, 9.17) is 5.11 Å². The third-order valence-electron chi connectivity index (χ3n) is 4.18. The fraction of sp³-hybridized carbons (Fsp3) is 0.750. The largest absolute Gasteiger partial charge is 0.481 e. The summed E-state index contributed by atoms with van der Waals surface area (Å²) < 4.78 is 41.1. The van der Waals surface area contributed by atoms with Crippen LogP contribution in [0.2, 0.25) is 0 Å². The monoisotopic (exact) mass is 321 g/mol. The number of aromatic nitrogens is 2. The van der Waals surface area contributed by atoms with Gasteiger partial charge in [0.25, 0.3) is 0 Å². The number of piperidine rings is 1. The summed E-state index contributed by atoms with van der Waals surface area (Å²) in [6, 6.07) is 0.171. The Morgan fingerprint density at radius 3 is 2.43 bits per heavy atom. The Labute approximate surface area is 123 Å². The molecular formula is C12H14F3N3O2S. The lowest BCUT2D eigenvalue weighted by atomic mass is 9.88. The molecule has 0 amide bonds. The molecule has 1 aromatic heterocycles. The number of alkyl halides is 3. The highest BCUT2D eigenvalue weighted by molar-refractivity contribution is 7.09. The van der Waals surface area contributed by atoms with Gasteiger partial charge in [-0.3, -0.25) is 4.79 Å². The van der Waals surface area contributed by atoms with Crippen LogP contribution in [0.15, 0.2) is 0 Å². The number of carboxylic acid groups (broad SMARTS) is 1. The maximum atomic E-state index is 12.6. The van der Waals surface area contributed by atoms with Crippen LogP contribution in [0.1, 0.15) is 37.9 Å². The fourth-order valence-electron chi connectivity index (χ4n) is 3.45. The number of anilines is 1. The molecule has 2 fully saturated rings. The molecule has 2 bridgehead atoms. The van der Waals surface area contributed by atoms with Crippen molar-refractivity contribution < 1.29 is 23.1 Å². The van der Waals surface area contributed by atoms with Gasteiger partial charge in [0.05, 0.1) is 0 Å². The molecule has 9 heteroatoms. The molecular weight excluding hydrogens is 307 g/mol. The van der Waals surface area contributed by atoms with E-state index in [0.717, 1.165) is 24.4 Å². The number of nitrogens with zero attached hydrogens (tertiary/aromatic N) is 3. The van der Waals surface area contributed by atoms with Crippen molar-refractivity contribution in [3.05, 3.63) is 5.82 Å². The van der Waals surface area contributed by atoms with Crippen molar-refractivity contribution in [2.75, 3.05) is 4.90 Å². The molecule has 21 heavy (non-hydrogen) atoms. The van der Waals surface area contributed by atoms with Crippen LogP contribution >= 0.6 is 11.5 Å². The van der Waals surface area contributed by atoms with Gasteiger partial charge in [-0.1, -0.05) is 0 Å². The highest BCUT2D eigenvalue weighted by atomic mass is 32.1. The molecule has 5 nitrogen and oxygen atoms in total. The predicted octanol–water partition coefficient (Wildman–Crippen LogP) is 2.78. The average Bonchev–Trinajstić information content (AvgIpc) is 2.91. The Morgan fingerprint density at radius 2 is 1.95 bits per heavy atom. The fourth-order valence-corrected chi connectivity index (χ4v) is 4.28. The smallest absolute Gasteiger partial charge is 0.452 e. The summed E-state index contributed by atoms with van der Waals surface area (Å²) >= 11 is 0.774. The first-order chi connectivity index (χ1) is 9.84. The van der Waals surface area contributed by atoms with E-state index in [9.17, 15) is 18.0 Å². The zero-order valence-electron chi connectivity index (χ0n) is 11.0. The molecule has 0 spiro atoms. The van der Waals surface area contributed by atoms with Crippen LogP contribution in [0.5, 0.6) is 0 Å². The number of hydrogen-bond donors (Lipinski definition) is 1. The number of rotatable bonds is 3. The van der Waals surface area contributed by atoms with Crippen LogP contribution in [0.3, 0.4) is 0 Å². The van der Waals surface area contributed by atoms with Crippen molar-refractivity contribution in [2.45, 2.75) is 50.4 Å². The Morgan fingerprint density at radius 1 is 1.33 bits per heavy atom. The van der Waals surface area contributed by atoms with E-state index in [2.05, 4.69) is 9.36 Å². The first-order valence-electron chi connectivity index (χ1n) is 6.75. The third-order valence-corrected chi connectivity index (χ3v) is 4.91. The molecule has 0 aromatic carbocycles. The highest BCUT2D eigenvalue weighted by Crippen LogP contribution is 2.43. The van der Waals surface area contributed by atoms with E-state index < -0.39 is 18.0 Å². The van der Waals surface area contributed by atoms with Gasteiger partial charge in [-0.05, 0) is 31.6 Å². The van der Waals surface area contributed by atoms with Gasteiger partial charge >= 0.3 is 12.1 Å². The first-order valence-corrected chi connectivity index (χ1v) is 7.53. The molecule has 0 radical (unpaired) electrons. The molecule has 2 atom stereocenters. The van der Waals surface area contributed by atoms with Crippen LogP contribution < -0.4 is 4.90 Å². The number of aliphatic carboxylic acids is 1. The summed E-state index contributed by atoms with van der Waals surface area (Å²) in [5.74, 6) is -1.80. The van der Waals surface area contributed by atoms with Crippen molar-refractivity contribution in [2.24, 2.45) is 5.92 Å². The zero-order valence-corrected chi connectivity index (χ0v) is 11.8. The lowest BCUT2D eigenvalue weighted by Gasteiger charge is -2.38. The summed E-state index contributed by atoms with van der Waals surface area (Å²) in [4.78, 5) is 16.4. The molecule has 1 N–H and O–H groups in total. The van der Waals surface area contributed by atoms with Crippen LogP contribution in [0, 0.1) is 5.92 Å².